The number of rotatable bonds is 9. The van der Waals surface area contributed by atoms with Crippen molar-refractivity contribution in [2.75, 3.05) is 13.1 Å². The number of nitrogens with one attached hydrogen (secondary N) is 2. The van der Waals surface area contributed by atoms with E-state index >= 15 is 0 Å². The summed E-state index contributed by atoms with van der Waals surface area (Å²) < 4.78 is 33.9. The van der Waals surface area contributed by atoms with Crippen LogP contribution in [0.15, 0.2) is 95.9 Å². The fourth-order valence-corrected chi connectivity index (χ4v) is 4.12. The van der Waals surface area contributed by atoms with Crippen molar-refractivity contribution in [3.05, 3.63) is 108 Å². The van der Waals surface area contributed by atoms with E-state index in [1.165, 1.54) is 12.1 Å². The largest absolute Gasteiger partial charge is 0.457 e. The van der Waals surface area contributed by atoms with Gasteiger partial charge in [-0.05, 0) is 78.9 Å². The van der Waals surface area contributed by atoms with E-state index in [1.807, 2.05) is 18.2 Å². The first-order valence-electron chi connectivity index (χ1n) is 11.0. The Morgan fingerprint density at radius 1 is 0.944 bits per heavy atom. The number of hydrogen-bond acceptors (Lipinski definition) is 5. The predicted molar refractivity (Wildman–Crippen MR) is 134 cm³/mol. The lowest BCUT2D eigenvalue weighted by molar-refractivity contribution is 0.0949. The molecule has 7 nitrogen and oxygen atoms in total. The number of amides is 1. The molecule has 4 aromatic rings. The van der Waals surface area contributed by atoms with Gasteiger partial charge in [0.15, 0.2) is 0 Å². The van der Waals surface area contributed by atoms with Crippen LogP contribution in [0, 0.1) is 17.1 Å². The first-order valence-corrected chi connectivity index (χ1v) is 12.1. The Morgan fingerprint density at radius 2 is 1.64 bits per heavy atom. The van der Waals surface area contributed by atoms with Gasteiger partial charge in [-0.2, -0.15) is 5.26 Å². The van der Waals surface area contributed by atoms with Gasteiger partial charge in [-0.1, -0.05) is 12.1 Å². The van der Waals surface area contributed by atoms with Crippen LogP contribution >= 0.6 is 0 Å². The SMILES string of the molecule is N#Cc1cccc(S(=O)NCCNC(=O)c2cccc(-c3ccc(Oc4ccc(F)cc4)cc3)n2)c1. The minimum absolute atomic E-state index is 0.240. The van der Waals surface area contributed by atoms with E-state index in [4.69, 9.17) is 10.00 Å². The zero-order valence-electron chi connectivity index (χ0n) is 19.0. The molecule has 0 aliphatic rings. The summed E-state index contributed by atoms with van der Waals surface area (Å²) in [7, 11) is -1.49. The van der Waals surface area contributed by atoms with Crippen LogP contribution in [-0.2, 0) is 11.0 Å². The van der Waals surface area contributed by atoms with Crippen molar-refractivity contribution in [2.45, 2.75) is 4.90 Å². The van der Waals surface area contributed by atoms with Gasteiger partial charge in [0, 0.05) is 18.7 Å². The van der Waals surface area contributed by atoms with E-state index in [1.54, 1.807) is 66.7 Å². The summed E-state index contributed by atoms with van der Waals surface area (Å²) in [4.78, 5) is 17.5. The van der Waals surface area contributed by atoms with Gasteiger partial charge in [-0.25, -0.2) is 18.3 Å². The normalized spacial score (nSPS) is 11.3. The Labute approximate surface area is 210 Å². The van der Waals surface area contributed by atoms with E-state index in [-0.39, 0.29) is 30.5 Å². The maximum absolute atomic E-state index is 13.0. The van der Waals surface area contributed by atoms with Crippen molar-refractivity contribution in [3.63, 3.8) is 0 Å². The number of aromatic nitrogens is 1. The first-order chi connectivity index (χ1) is 17.5. The van der Waals surface area contributed by atoms with E-state index in [0.29, 0.717) is 27.7 Å². The van der Waals surface area contributed by atoms with Crippen LogP contribution in [0.5, 0.6) is 11.5 Å². The molecule has 0 radical (unpaired) electrons. The molecule has 1 aromatic heterocycles. The lowest BCUT2D eigenvalue weighted by atomic mass is 10.1. The van der Waals surface area contributed by atoms with Gasteiger partial charge < -0.3 is 10.1 Å². The van der Waals surface area contributed by atoms with Gasteiger partial charge in [0.2, 0.25) is 0 Å². The second kappa shape index (κ2) is 11.8. The molecule has 0 bridgehead atoms. The summed E-state index contributed by atoms with van der Waals surface area (Å²) in [5, 5.41) is 11.7. The smallest absolute Gasteiger partial charge is 0.269 e. The average molecular weight is 501 g/mol. The van der Waals surface area contributed by atoms with Gasteiger partial charge in [-0.3, -0.25) is 4.79 Å². The highest BCUT2D eigenvalue weighted by Crippen LogP contribution is 2.25. The third kappa shape index (κ3) is 6.60. The summed E-state index contributed by atoms with van der Waals surface area (Å²) in [6.45, 7) is 0.508. The number of carbonyl (C=O) groups excluding carboxylic acids is 1. The summed E-state index contributed by atoms with van der Waals surface area (Å²) in [6, 6.07) is 26.6. The van der Waals surface area contributed by atoms with Gasteiger partial charge in [0.25, 0.3) is 5.91 Å². The third-order valence-corrected chi connectivity index (χ3v) is 6.15. The zero-order chi connectivity index (χ0) is 25.3. The summed E-state index contributed by atoms with van der Waals surface area (Å²) in [5.41, 5.74) is 2.10. The van der Waals surface area contributed by atoms with E-state index in [2.05, 4.69) is 15.0 Å². The fraction of sp³-hybridized carbons (Fsp3) is 0.0741. The molecular formula is C27H21FN4O3S. The minimum atomic E-state index is -1.49. The number of ether oxygens (including phenoxy) is 1. The Morgan fingerprint density at radius 3 is 2.36 bits per heavy atom. The van der Waals surface area contributed by atoms with E-state index in [9.17, 15) is 13.4 Å². The fourth-order valence-electron chi connectivity index (χ4n) is 3.23. The molecule has 9 heteroatoms. The van der Waals surface area contributed by atoms with E-state index < -0.39 is 11.0 Å². The molecule has 0 spiro atoms. The molecule has 1 heterocycles. The van der Waals surface area contributed by atoms with Crippen molar-refractivity contribution in [1.29, 1.82) is 5.26 Å². The van der Waals surface area contributed by atoms with Crippen molar-refractivity contribution in [2.24, 2.45) is 0 Å². The maximum Gasteiger partial charge on any atom is 0.269 e. The zero-order valence-corrected chi connectivity index (χ0v) is 19.8. The average Bonchev–Trinajstić information content (AvgIpc) is 2.92. The predicted octanol–water partition coefficient (Wildman–Crippen LogP) is 4.59. The van der Waals surface area contributed by atoms with Crippen LogP contribution < -0.4 is 14.8 Å². The van der Waals surface area contributed by atoms with Gasteiger partial charge in [0.05, 0.1) is 22.2 Å². The molecular weight excluding hydrogens is 479 g/mol. The molecule has 1 amide bonds. The molecule has 0 aliphatic heterocycles. The molecule has 36 heavy (non-hydrogen) atoms. The minimum Gasteiger partial charge on any atom is -0.457 e. The van der Waals surface area contributed by atoms with Gasteiger partial charge >= 0.3 is 0 Å². The monoisotopic (exact) mass is 500 g/mol. The van der Waals surface area contributed by atoms with Crippen LogP contribution in [0.3, 0.4) is 0 Å². The van der Waals surface area contributed by atoms with Gasteiger partial charge in [-0.15, -0.1) is 0 Å². The number of hydrogen-bond donors (Lipinski definition) is 2. The number of carbonyl (C=O) groups is 1. The molecule has 4 rings (SSSR count). The lowest BCUT2D eigenvalue weighted by Gasteiger charge is -2.09. The Hall–Kier alpha value is -4.39. The Kier molecular flexibility index (Phi) is 8.13. The second-order valence-electron chi connectivity index (χ2n) is 7.55. The molecule has 0 fully saturated rings. The molecule has 0 saturated heterocycles. The first kappa shape index (κ1) is 24.7. The van der Waals surface area contributed by atoms with Crippen LogP contribution in [-0.4, -0.2) is 28.2 Å². The number of benzene rings is 3. The Balaban J connectivity index is 1.30. The van der Waals surface area contributed by atoms with Crippen LogP contribution in [0.4, 0.5) is 4.39 Å². The van der Waals surface area contributed by atoms with Gasteiger partial charge in [0.1, 0.15) is 34.0 Å². The molecule has 180 valence electrons. The highest BCUT2D eigenvalue weighted by atomic mass is 32.2. The molecule has 1 unspecified atom stereocenters. The number of nitrogens with zero attached hydrogens (tertiary/aromatic N) is 2. The highest BCUT2D eigenvalue weighted by molar-refractivity contribution is 7.83. The van der Waals surface area contributed by atoms with Crippen molar-refractivity contribution in [1.82, 2.24) is 15.0 Å². The second-order valence-corrected chi connectivity index (χ2v) is 8.84. The lowest BCUT2D eigenvalue weighted by Crippen LogP contribution is -2.33. The highest BCUT2D eigenvalue weighted by Gasteiger charge is 2.10. The summed E-state index contributed by atoms with van der Waals surface area (Å²) >= 11 is 0. The quantitative estimate of drug-likeness (QED) is 0.327. The molecule has 0 saturated carbocycles. The third-order valence-electron chi connectivity index (χ3n) is 5.00. The maximum atomic E-state index is 13.0. The number of nitriles is 1. The van der Waals surface area contributed by atoms with Crippen molar-refractivity contribution in [3.8, 4) is 28.8 Å². The standard InChI is InChI=1S/C27H21FN4O3S/c28-21-9-13-23(14-10-21)35-22-11-7-20(8-12-22)25-5-2-6-26(32-25)27(33)30-15-16-31-36(34)24-4-1-3-19(17-24)18-29/h1-14,17,31H,15-16H2,(H,30,33). The van der Waals surface area contributed by atoms with Crippen LogP contribution in [0.2, 0.25) is 0 Å². The van der Waals surface area contributed by atoms with Crippen LogP contribution in [0.25, 0.3) is 11.3 Å². The van der Waals surface area contributed by atoms with Crippen molar-refractivity contribution < 1.29 is 18.1 Å². The summed E-state index contributed by atoms with van der Waals surface area (Å²) in [5.74, 6) is 0.423. The number of pyridine rings is 1. The number of halogens is 1. The summed E-state index contributed by atoms with van der Waals surface area (Å²) in [6.07, 6.45) is 0. The van der Waals surface area contributed by atoms with Crippen molar-refractivity contribution >= 4 is 16.9 Å². The molecule has 1 atom stereocenters. The Bertz CT molecular complexity index is 1420. The van der Waals surface area contributed by atoms with E-state index in [0.717, 1.165) is 5.56 Å². The topological polar surface area (TPSA) is 104 Å². The molecule has 3 aromatic carbocycles. The molecule has 0 aliphatic carbocycles. The van der Waals surface area contributed by atoms with Crippen LogP contribution in [0.1, 0.15) is 16.1 Å². The molecule has 2 N–H and O–H groups in total.